The van der Waals surface area contributed by atoms with Crippen LogP contribution in [0.4, 0.5) is 0 Å². The molecule has 1 fully saturated rings. The summed E-state index contributed by atoms with van der Waals surface area (Å²) in [7, 11) is 0. The standard InChI is InChI=1S/C26H42N4O5/c1-16-11-12-19-20(13-16)24(35)29(23(19)34)28-22(33)10-8-7-9-21(32)27-18-14-25(3,4)30(17(2)31)26(5,6)15-18/h16,18,34-35H,7-15H2,1-6H3,(H,27,32)(H,28,33). The molecular formula is C26H42N4O5. The van der Waals surface area contributed by atoms with Gasteiger partial charge in [0.15, 0.2) is 0 Å². The van der Waals surface area contributed by atoms with Crippen molar-refractivity contribution < 1.29 is 24.6 Å². The summed E-state index contributed by atoms with van der Waals surface area (Å²) >= 11 is 0. The van der Waals surface area contributed by atoms with Crippen LogP contribution in [0.2, 0.25) is 0 Å². The van der Waals surface area contributed by atoms with Crippen molar-refractivity contribution in [2.45, 2.75) is 116 Å². The molecule has 1 atom stereocenters. The first-order valence-electron chi connectivity index (χ1n) is 12.8. The summed E-state index contributed by atoms with van der Waals surface area (Å²) in [5, 5.41) is 24.0. The van der Waals surface area contributed by atoms with Gasteiger partial charge in [0.1, 0.15) is 0 Å². The van der Waals surface area contributed by atoms with Gasteiger partial charge in [0.25, 0.3) is 0 Å². The lowest BCUT2D eigenvalue weighted by Gasteiger charge is -2.55. The largest absolute Gasteiger partial charge is 0.493 e. The summed E-state index contributed by atoms with van der Waals surface area (Å²) in [4.78, 5) is 39.0. The zero-order valence-electron chi connectivity index (χ0n) is 22.0. The van der Waals surface area contributed by atoms with Crippen LogP contribution in [0.1, 0.15) is 97.6 Å². The number of piperidine rings is 1. The number of aromatic nitrogens is 1. The van der Waals surface area contributed by atoms with Crippen LogP contribution in [0.25, 0.3) is 0 Å². The normalized spacial score (nSPS) is 21.3. The van der Waals surface area contributed by atoms with Crippen molar-refractivity contribution in [1.29, 1.82) is 0 Å². The Morgan fingerprint density at radius 1 is 0.943 bits per heavy atom. The number of carbonyl (C=O) groups excluding carboxylic acids is 3. The second kappa shape index (κ2) is 10.1. The molecule has 1 aromatic heterocycles. The third-order valence-corrected chi connectivity index (χ3v) is 7.44. The van der Waals surface area contributed by atoms with Crippen LogP contribution in [-0.4, -0.2) is 54.6 Å². The monoisotopic (exact) mass is 490 g/mol. The van der Waals surface area contributed by atoms with Crippen LogP contribution < -0.4 is 10.7 Å². The SMILES string of the molecule is CC(=O)N1C(C)(C)CC(NC(=O)CCCCC(=O)Nn2c(O)c3c(c2O)CC(C)CC3)CC1(C)C. The molecule has 1 unspecified atom stereocenters. The number of nitrogens with one attached hydrogen (secondary N) is 2. The second-order valence-corrected chi connectivity index (χ2v) is 11.7. The number of nitrogens with zero attached hydrogens (tertiary/aromatic N) is 2. The number of hydrogen-bond donors (Lipinski definition) is 4. The average Bonchev–Trinajstić information content (AvgIpc) is 2.93. The fraction of sp³-hybridized carbons (Fsp3) is 0.731. The Morgan fingerprint density at radius 3 is 2.06 bits per heavy atom. The van der Waals surface area contributed by atoms with Gasteiger partial charge in [0.2, 0.25) is 29.5 Å². The van der Waals surface area contributed by atoms with E-state index in [-0.39, 0.29) is 53.0 Å². The molecule has 35 heavy (non-hydrogen) atoms. The van der Waals surface area contributed by atoms with E-state index in [4.69, 9.17) is 0 Å². The molecule has 1 saturated heterocycles. The minimum atomic E-state index is -0.351. The van der Waals surface area contributed by atoms with Gasteiger partial charge in [0, 0.05) is 48.0 Å². The fourth-order valence-corrected chi connectivity index (χ4v) is 6.35. The Hall–Kier alpha value is -2.71. The molecule has 2 aliphatic rings. The van der Waals surface area contributed by atoms with E-state index in [2.05, 4.69) is 17.7 Å². The Kier molecular flexibility index (Phi) is 7.77. The molecule has 9 heteroatoms. The Morgan fingerprint density at radius 2 is 1.49 bits per heavy atom. The molecule has 0 saturated carbocycles. The van der Waals surface area contributed by atoms with Gasteiger partial charge >= 0.3 is 0 Å². The topological polar surface area (TPSA) is 124 Å². The summed E-state index contributed by atoms with van der Waals surface area (Å²) in [6, 6.07) is -0.0140. The van der Waals surface area contributed by atoms with Crippen molar-refractivity contribution in [3.05, 3.63) is 11.1 Å². The van der Waals surface area contributed by atoms with Gasteiger partial charge in [-0.3, -0.25) is 19.8 Å². The van der Waals surface area contributed by atoms with Crippen molar-refractivity contribution in [2.24, 2.45) is 5.92 Å². The van der Waals surface area contributed by atoms with Gasteiger partial charge in [0.05, 0.1) is 0 Å². The molecule has 3 rings (SSSR count). The maximum absolute atomic E-state index is 12.6. The first-order valence-corrected chi connectivity index (χ1v) is 12.8. The number of unbranched alkanes of at least 4 members (excludes halogenated alkanes) is 1. The van der Waals surface area contributed by atoms with E-state index < -0.39 is 0 Å². The zero-order valence-corrected chi connectivity index (χ0v) is 22.0. The van der Waals surface area contributed by atoms with Gasteiger partial charge in [-0.05, 0) is 78.6 Å². The van der Waals surface area contributed by atoms with Crippen molar-refractivity contribution in [1.82, 2.24) is 14.9 Å². The zero-order chi connectivity index (χ0) is 26.1. The van der Waals surface area contributed by atoms with Crippen LogP contribution in [0.5, 0.6) is 11.8 Å². The highest BCUT2D eigenvalue weighted by molar-refractivity contribution is 5.84. The third kappa shape index (κ3) is 5.93. The predicted octanol–water partition coefficient (Wildman–Crippen LogP) is 3.34. The number of aromatic hydroxyl groups is 2. The van der Waals surface area contributed by atoms with Gasteiger partial charge < -0.3 is 20.4 Å². The molecule has 4 N–H and O–H groups in total. The lowest BCUT2D eigenvalue weighted by Crippen LogP contribution is -2.65. The number of hydrogen-bond acceptors (Lipinski definition) is 5. The van der Waals surface area contributed by atoms with Gasteiger partial charge in [-0.2, -0.15) is 4.68 Å². The lowest BCUT2D eigenvalue weighted by atomic mass is 9.77. The number of carbonyl (C=O) groups is 3. The quantitative estimate of drug-likeness (QED) is 0.437. The first kappa shape index (κ1) is 26.9. The Balaban J connectivity index is 1.44. The van der Waals surface area contributed by atoms with E-state index in [1.807, 2.05) is 32.6 Å². The number of amides is 3. The summed E-state index contributed by atoms with van der Waals surface area (Å²) < 4.78 is 1.08. The molecule has 0 radical (unpaired) electrons. The summed E-state index contributed by atoms with van der Waals surface area (Å²) in [5.41, 5.74) is 3.29. The minimum absolute atomic E-state index is 0.0140. The van der Waals surface area contributed by atoms with Gasteiger partial charge in [-0.15, -0.1) is 0 Å². The second-order valence-electron chi connectivity index (χ2n) is 11.7. The number of likely N-dealkylation sites (tertiary alicyclic amines) is 1. The Bertz CT molecular complexity index is 963. The van der Waals surface area contributed by atoms with Crippen molar-refractivity contribution in [2.75, 3.05) is 5.43 Å². The lowest BCUT2D eigenvalue weighted by molar-refractivity contribution is -0.148. The highest BCUT2D eigenvalue weighted by Crippen LogP contribution is 2.40. The number of rotatable bonds is 7. The minimum Gasteiger partial charge on any atom is -0.493 e. The van der Waals surface area contributed by atoms with Gasteiger partial charge in [-0.25, -0.2) is 0 Å². The van der Waals surface area contributed by atoms with E-state index >= 15 is 0 Å². The van der Waals surface area contributed by atoms with Crippen molar-refractivity contribution in [3.8, 4) is 11.8 Å². The van der Waals surface area contributed by atoms with Crippen LogP contribution in [0, 0.1) is 5.92 Å². The Labute approximate surface area is 208 Å². The maximum Gasteiger partial charge on any atom is 0.238 e. The molecule has 1 aliphatic heterocycles. The van der Waals surface area contributed by atoms with E-state index in [9.17, 15) is 24.6 Å². The summed E-state index contributed by atoms with van der Waals surface area (Å²) in [6.07, 6.45) is 5.23. The maximum atomic E-state index is 12.6. The molecule has 3 amide bonds. The summed E-state index contributed by atoms with van der Waals surface area (Å²) in [6.45, 7) is 11.8. The van der Waals surface area contributed by atoms with Gasteiger partial charge in [-0.1, -0.05) is 6.92 Å². The first-order chi connectivity index (χ1) is 16.2. The highest BCUT2D eigenvalue weighted by Gasteiger charge is 2.46. The van der Waals surface area contributed by atoms with Crippen molar-refractivity contribution in [3.63, 3.8) is 0 Å². The highest BCUT2D eigenvalue weighted by atomic mass is 16.3. The van der Waals surface area contributed by atoms with Crippen LogP contribution in [0.3, 0.4) is 0 Å². The molecule has 0 aromatic carbocycles. The third-order valence-electron chi connectivity index (χ3n) is 7.44. The van der Waals surface area contributed by atoms with Crippen LogP contribution in [-0.2, 0) is 27.2 Å². The predicted molar refractivity (Wildman–Crippen MR) is 134 cm³/mol. The number of fused-ring (bicyclic) bond motifs is 1. The van der Waals surface area contributed by atoms with E-state index in [0.29, 0.717) is 62.0 Å². The van der Waals surface area contributed by atoms with Crippen LogP contribution >= 0.6 is 0 Å². The smallest absolute Gasteiger partial charge is 0.238 e. The molecule has 1 aliphatic carbocycles. The van der Waals surface area contributed by atoms with Crippen LogP contribution in [0.15, 0.2) is 0 Å². The molecule has 196 valence electrons. The fourth-order valence-electron chi connectivity index (χ4n) is 6.35. The molecule has 9 nitrogen and oxygen atoms in total. The molecule has 1 aromatic rings. The van der Waals surface area contributed by atoms with E-state index in [1.54, 1.807) is 6.92 Å². The molecule has 0 bridgehead atoms. The summed E-state index contributed by atoms with van der Waals surface area (Å²) in [5.74, 6) is -0.113. The molecule has 0 spiro atoms. The molecular weight excluding hydrogens is 448 g/mol. The van der Waals surface area contributed by atoms with Crippen molar-refractivity contribution >= 4 is 17.7 Å². The average molecular weight is 491 g/mol. The molecule has 2 heterocycles. The van der Waals surface area contributed by atoms with E-state index in [1.165, 1.54) is 0 Å². The van der Waals surface area contributed by atoms with E-state index in [0.717, 1.165) is 11.1 Å².